The van der Waals surface area contributed by atoms with Crippen molar-refractivity contribution in [1.82, 2.24) is 15.4 Å². The molecule has 20 heavy (non-hydrogen) atoms. The molecule has 0 aliphatic heterocycles. The van der Waals surface area contributed by atoms with Gasteiger partial charge in [-0.1, -0.05) is 5.16 Å². The molecule has 0 saturated carbocycles. The third-order valence-corrected chi connectivity index (χ3v) is 2.52. The molecule has 0 fully saturated rings. The molecule has 0 aromatic carbocycles. The maximum absolute atomic E-state index is 11.7. The number of carbonyl (C=O) groups excluding carboxylic acids is 2. The molecule has 1 rings (SSSR count). The van der Waals surface area contributed by atoms with Crippen molar-refractivity contribution in [2.45, 2.75) is 19.8 Å². The summed E-state index contributed by atoms with van der Waals surface area (Å²) in [6, 6.07) is 1.62. The Labute approximate surface area is 124 Å². The van der Waals surface area contributed by atoms with E-state index in [-0.39, 0.29) is 30.8 Å². The van der Waals surface area contributed by atoms with Crippen LogP contribution in [0.25, 0.3) is 0 Å². The first-order chi connectivity index (χ1) is 9.02. The summed E-state index contributed by atoms with van der Waals surface area (Å²) in [7, 11) is 3.44. The average Bonchev–Trinajstić information content (AvgIpc) is 2.74. The molecular formula is C12H21ClN4O3. The van der Waals surface area contributed by atoms with Gasteiger partial charge in [-0.25, -0.2) is 0 Å². The van der Waals surface area contributed by atoms with Crippen LogP contribution in [0.15, 0.2) is 10.6 Å². The summed E-state index contributed by atoms with van der Waals surface area (Å²) in [5, 5.41) is 9.18. The number of nitrogens with zero attached hydrogens (tertiary/aromatic N) is 2. The quantitative estimate of drug-likeness (QED) is 0.728. The summed E-state index contributed by atoms with van der Waals surface area (Å²) in [5.41, 5.74) is 0. The summed E-state index contributed by atoms with van der Waals surface area (Å²) in [5.74, 6) is 0.629. The highest BCUT2D eigenvalue weighted by Crippen LogP contribution is 2.06. The topological polar surface area (TPSA) is 87.5 Å². The van der Waals surface area contributed by atoms with Crippen molar-refractivity contribution in [2.75, 3.05) is 32.5 Å². The van der Waals surface area contributed by atoms with Crippen LogP contribution >= 0.6 is 12.4 Å². The van der Waals surface area contributed by atoms with E-state index in [9.17, 15) is 9.59 Å². The Morgan fingerprint density at radius 1 is 1.45 bits per heavy atom. The third kappa shape index (κ3) is 6.53. The number of likely N-dealkylation sites (N-methyl/N-ethyl adjacent to an activating group) is 1. The van der Waals surface area contributed by atoms with Gasteiger partial charge in [0.25, 0.3) is 0 Å². The van der Waals surface area contributed by atoms with E-state index in [0.29, 0.717) is 18.0 Å². The van der Waals surface area contributed by atoms with Crippen LogP contribution in [-0.2, 0) is 9.59 Å². The summed E-state index contributed by atoms with van der Waals surface area (Å²) in [6.07, 6.45) is 1.18. The van der Waals surface area contributed by atoms with Crippen molar-refractivity contribution in [3.63, 3.8) is 0 Å². The van der Waals surface area contributed by atoms with Gasteiger partial charge in [-0.3, -0.25) is 9.59 Å². The first-order valence-electron chi connectivity index (χ1n) is 6.14. The third-order valence-electron chi connectivity index (χ3n) is 2.52. The van der Waals surface area contributed by atoms with Gasteiger partial charge in [0.2, 0.25) is 11.8 Å². The van der Waals surface area contributed by atoms with Gasteiger partial charge in [-0.15, -0.1) is 12.4 Å². The van der Waals surface area contributed by atoms with E-state index >= 15 is 0 Å². The average molecular weight is 305 g/mol. The number of nitrogens with one attached hydrogen (secondary N) is 2. The molecule has 1 aromatic heterocycles. The van der Waals surface area contributed by atoms with E-state index in [0.717, 1.165) is 13.0 Å². The van der Waals surface area contributed by atoms with E-state index in [4.69, 9.17) is 4.52 Å². The Kier molecular flexibility index (Phi) is 8.58. The minimum absolute atomic E-state index is 0. The molecule has 0 unspecified atom stereocenters. The standard InChI is InChI=1S/C12H20N4O3.ClH/c1-9-7-10(15-19-9)14-11(17)8-16(3)12(18)5-4-6-13-2;/h7,13H,4-6,8H2,1-3H3,(H,14,15,17);1H. The van der Waals surface area contributed by atoms with Crippen molar-refractivity contribution < 1.29 is 14.1 Å². The predicted molar refractivity (Wildman–Crippen MR) is 77.9 cm³/mol. The Morgan fingerprint density at radius 2 is 2.15 bits per heavy atom. The van der Waals surface area contributed by atoms with Gasteiger partial charge in [0.05, 0.1) is 6.54 Å². The number of anilines is 1. The Bertz CT molecular complexity index is 436. The number of halogens is 1. The molecule has 0 atom stereocenters. The molecule has 0 saturated heterocycles. The van der Waals surface area contributed by atoms with Gasteiger partial charge in [-0.2, -0.15) is 0 Å². The van der Waals surface area contributed by atoms with Crippen molar-refractivity contribution in [2.24, 2.45) is 0 Å². The Balaban J connectivity index is 0.00000361. The number of aryl methyl sites for hydroxylation is 1. The summed E-state index contributed by atoms with van der Waals surface area (Å²) in [6.45, 7) is 2.52. The fourth-order valence-corrected chi connectivity index (χ4v) is 1.52. The lowest BCUT2D eigenvalue weighted by atomic mass is 10.3. The van der Waals surface area contributed by atoms with Crippen LogP contribution in [0.4, 0.5) is 5.82 Å². The van der Waals surface area contributed by atoms with Gasteiger partial charge >= 0.3 is 0 Å². The highest BCUT2D eigenvalue weighted by molar-refractivity contribution is 5.93. The molecular weight excluding hydrogens is 284 g/mol. The first kappa shape index (κ1) is 18.4. The highest BCUT2D eigenvalue weighted by atomic mass is 35.5. The number of hydrogen-bond donors (Lipinski definition) is 2. The molecule has 0 spiro atoms. The smallest absolute Gasteiger partial charge is 0.245 e. The molecule has 0 aliphatic rings. The SMILES string of the molecule is CNCCCC(=O)N(C)CC(=O)Nc1cc(C)on1.Cl. The minimum Gasteiger partial charge on any atom is -0.360 e. The second-order valence-corrected chi connectivity index (χ2v) is 4.33. The van der Waals surface area contributed by atoms with Crippen LogP contribution in [0, 0.1) is 6.92 Å². The van der Waals surface area contributed by atoms with Crippen LogP contribution in [0.3, 0.4) is 0 Å². The zero-order valence-electron chi connectivity index (χ0n) is 11.9. The number of hydrogen-bond acceptors (Lipinski definition) is 5. The van der Waals surface area contributed by atoms with Gasteiger partial charge in [0.1, 0.15) is 5.76 Å². The van der Waals surface area contributed by atoms with Crippen LogP contribution in [0.1, 0.15) is 18.6 Å². The van der Waals surface area contributed by atoms with E-state index in [1.165, 1.54) is 4.90 Å². The van der Waals surface area contributed by atoms with Crippen molar-refractivity contribution >= 4 is 30.0 Å². The second kappa shape index (κ2) is 9.33. The molecule has 1 heterocycles. The number of carbonyl (C=O) groups is 2. The lowest BCUT2D eigenvalue weighted by molar-refractivity contribution is -0.133. The van der Waals surface area contributed by atoms with E-state index < -0.39 is 0 Å². The van der Waals surface area contributed by atoms with Gasteiger partial charge in [0.15, 0.2) is 5.82 Å². The normalized spacial score (nSPS) is 9.75. The summed E-state index contributed by atoms with van der Waals surface area (Å²) >= 11 is 0. The summed E-state index contributed by atoms with van der Waals surface area (Å²) < 4.78 is 4.83. The molecule has 0 aliphatic carbocycles. The molecule has 7 nitrogen and oxygen atoms in total. The predicted octanol–water partition coefficient (Wildman–Crippen LogP) is 0.801. The van der Waals surface area contributed by atoms with E-state index in [1.807, 2.05) is 7.05 Å². The van der Waals surface area contributed by atoms with Crippen molar-refractivity contribution in [3.05, 3.63) is 11.8 Å². The van der Waals surface area contributed by atoms with Gasteiger partial charge < -0.3 is 20.1 Å². The maximum Gasteiger partial charge on any atom is 0.245 e. The van der Waals surface area contributed by atoms with Crippen LogP contribution < -0.4 is 10.6 Å². The first-order valence-corrected chi connectivity index (χ1v) is 6.14. The molecule has 2 N–H and O–H groups in total. The zero-order valence-corrected chi connectivity index (χ0v) is 12.7. The highest BCUT2D eigenvalue weighted by Gasteiger charge is 2.13. The molecule has 0 bridgehead atoms. The van der Waals surface area contributed by atoms with Crippen molar-refractivity contribution in [3.8, 4) is 0 Å². The maximum atomic E-state index is 11.7. The monoisotopic (exact) mass is 304 g/mol. The molecule has 1 aromatic rings. The number of aromatic nitrogens is 1. The molecule has 8 heteroatoms. The summed E-state index contributed by atoms with van der Waals surface area (Å²) in [4.78, 5) is 24.8. The van der Waals surface area contributed by atoms with Crippen LogP contribution in [-0.4, -0.2) is 49.1 Å². The largest absolute Gasteiger partial charge is 0.360 e. The number of rotatable bonds is 7. The fourth-order valence-electron chi connectivity index (χ4n) is 1.52. The van der Waals surface area contributed by atoms with Gasteiger partial charge in [0, 0.05) is 19.5 Å². The zero-order chi connectivity index (χ0) is 14.3. The minimum atomic E-state index is -0.294. The molecule has 114 valence electrons. The van der Waals surface area contributed by atoms with E-state index in [1.54, 1.807) is 20.0 Å². The Hall–Kier alpha value is -1.60. The van der Waals surface area contributed by atoms with Crippen molar-refractivity contribution in [1.29, 1.82) is 0 Å². The fraction of sp³-hybridized carbons (Fsp3) is 0.583. The number of amides is 2. The Morgan fingerprint density at radius 3 is 2.70 bits per heavy atom. The van der Waals surface area contributed by atoms with Gasteiger partial charge in [-0.05, 0) is 26.9 Å². The van der Waals surface area contributed by atoms with Crippen LogP contribution in [0.5, 0.6) is 0 Å². The molecule has 0 radical (unpaired) electrons. The van der Waals surface area contributed by atoms with E-state index in [2.05, 4.69) is 15.8 Å². The second-order valence-electron chi connectivity index (χ2n) is 4.33. The lowest BCUT2D eigenvalue weighted by Gasteiger charge is -2.16. The molecule has 2 amide bonds. The lowest BCUT2D eigenvalue weighted by Crippen LogP contribution is -2.35. The van der Waals surface area contributed by atoms with Crippen LogP contribution in [0.2, 0.25) is 0 Å².